The lowest BCUT2D eigenvalue weighted by Gasteiger charge is -2.13. The number of aromatic nitrogens is 3. The van der Waals surface area contributed by atoms with Crippen molar-refractivity contribution in [3.8, 4) is 0 Å². The van der Waals surface area contributed by atoms with Crippen molar-refractivity contribution in [3.63, 3.8) is 0 Å². The highest BCUT2D eigenvalue weighted by Gasteiger charge is 2.36. The number of nitrogens with one attached hydrogen (secondary N) is 1. The Morgan fingerprint density at radius 1 is 1.03 bits per heavy atom. The number of nitrogens with zero attached hydrogens (tertiary/aromatic N) is 3. The molecule has 3 aromatic rings. The van der Waals surface area contributed by atoms with Crippen molar-refractivity contribution in [1.29, 1.82) is 0 Å². The first kappa shape index (κ1) is 21.3. The lowest BCUT2D eigenvalue weighted by Crippen LogP contribution is -2.27. The van der Waals surface area contributed by atoms with Gasteiger partial charge < -0.3 is 4.57 Å². The fourth-order valence-corrected chi connectivity index (χ4v) is 4.61. The summed E-state index contributed by atoms with van der Waals surface area (Å²) in [5, 5.41) is 8.53. The van der Waals surface area contributed by atoms with Crippen LogP contribution in [0.4, 0.5) is 13.2 Å². The molecule has 0 saturated carbocycles. The molecule has 2 aromatic carbocycles. The maximum absolute atomic E-state index is 13.1. The number of hydrogen-bond acceptors (Lipinski definition) is 5. The smallest absolute Gasteiger partial charge is 0.308 e. The van der Waals surface area contributed by atoms with Gasteiger partial charge in [-0.1, -0.05) is 54.2 Å². The molecule has 0 radical (unpaired) electrons. The summed E-state index contributed by atoms with van der Waals surface area (Å²) in [5.74, 6) is 0.936. The third kappa shape index (κ3) is 5.17. The maximum atomic E-state index is 13.1. The number of alkyl halides is 3. The highest BCUT2D eigenvalue weighted by atomic mass is 32.2. The van der Waals surface area contributed by atoms with E-state index in [2.05, 4.69) is 14.9 Å². The molecular weight excluding hydrogens is 425 g/mol. The summed E-state index contributed by atoms with van der Waals surface area (Å²) in [4.78, 5) is -0.826. The van der Waals surface area contributed by atoms with Gasteiger partial charge >= 0.3 is 6.18 Å². The van der Waals surface area contributed by atoms with Gasteiger partial charge in [-0.2, -0.15) is 13.2 Å². The van der Waals surface area contributed by atoms with Gasteiger partial charge in [0.1, 0.15) is 5.82 Å². The monoisotopic (exact) mass is 442 g/mol. The van der Waals surface area contributed by atoms with E-state index >= 15 is 0 Å². The van der Waals surface area contributed by atoms with E-state index < -0.39 is 26.7 Å². The zero-order valence-electron chi connectivity index (χ0n) is 15.2. The second kappa shape index (κ2) is 8.56. The van der Waals surface area contributed by atoms with Gasteiger partial charge in [-0.3, -0.25) is 0 Å². The van der Waals surface area contributed by atoms with Crippen LogP contribution in [0.15, 0.2) is 64.6 Å². The number of thioether (sulfide) groups is 1. The van der Waals surface area contributed by atoms with Crippen molar-refractivity contribution in [3.05, 3.63) is 71.5 Å². The molecule has 0 atom stereocenters. The third-order valence-electron chi connectivity index (χ3n) is 4.04. The van der Waals surface area contributed by atoms with Crippen LogP contribution >= 0.6 is 11.8 Å². The molecule has 1 aromatic heterocycles. The Labute approximate surface area is 170 Å². The van der Waals surface area contributed by atoms with Crippen LogP contribution in [0.3, 0.4) is 0 Å². The lowest BCUT2D eigenvalue weighted by molar-refractivity contribution is -0.139. The van der Waals surface area contributed by atoms with Crippen molar-refractivity contribution >= 4 is 21.8 Å². The minimum Gasteiger partial charge on any atom is -0.308 e. The van der Waals surface area contributed by atoms with Crippen molar-refractivity contribution in [2.75, 3.05) is 0 Å². The summed E-state index contributed by atoms with van der Waals surface area (Å²) in [7, 11) is -2.73. The predicted molar refractivity (Wildman–Crippen MR) is 102 cm³/mol. The summed E-state index contributed by atoms with van der Waals surface area (Å²) < 4.78 is 68.0. The maximum Gasteiger partial charge on any atom is 0.417 e. The Morgan fingerprint density at radius 3 is 2.38 bits per heavy atom. The Balaban J connectivity index is 1.71. The summed E-state index contributed by atoms with van der Waals surface area (Å²) in [6.07, 6.45) is -4.78. The standard InChI is InChI=1S/C18H17F3N4O2S2/c1-25-16(23-24-17(25)28-12-13-7-3-2-4-8-13)11-22-29(26,27)15-10-6-5-9-14(15)18(19,20)21/h2-10,22H,11-12H2,1H3. The van der Waals surface area contributed by atoms with Gasteiger partial charge in [-0.25, -0.2) is 13.1 Å². The van der Waals surface area contributed by atoms with Crippen LogP contribution in [-0.2, 0) is 35.5 Å². The largest absolute Gasteiger partial charge is 0.417 e. The van der Waals surface area contributed by atoms with Crippen LogP contribution in [0.2, 0.25) is 0 Å². The molecular formula is C18H17F3N4O2S2. The molecule has 11 heteroatoms. The van der Waals surface area contributed by atoms with Gasteiger partial charge in [0.2, 0.25) is 10.0 Å². The fraction of sp³-hybridized carbons (Fsp3) is 0.222. The van der Waals surface area contributed by atoms with Gasteiger partial charge in [0, 0.05) is 12.8 Å². The Hall–Kier alpha value is -2.37. The molecule has 0 unspecified atom stereocenters. The summed E-state index contributed by atoms with van der Waals surface area (Å²) in [6.45, 7) is -0.288. The summed E-state index contributed by atoms with van der Waals surface area (Å²) in [5.41, 5.74) is -0.129. The molecule has 0 aliphatic rings. The Morgan fingerprint density at radius 2 is 1.69 bits per heavy atom. The van der Waals surface area contributed by atoms with Gasteiger partial charge in [0.15, 0.2) is 5.16 Å². The first-order chi connectivity index (χ1) is 13.7. The summed E-state index contributed by atoms with van der Waals surface area (Å²) in [6, 6.07) is 13.7. The van der Waals surface area contributed by atoms with Crippen LogP contribution < -0.4 is 4.72 Å². The molecule has 0 saturated heterocycles. The third-order valence-corrected chi connectivity index (χ3v) is 6.59. The van der Waals surface area contributed by atoms with Crippen LogP contribution in [-0.4, -0.2) is 23.2 Å². The van der Waals surface area contributed by atoms with E-state index in [-0.39, 0.29) is 12.4 Å². The minimum absolute atomic E-state index is 0.286. The quantitative estimate of drug-likeness (QED) is 0.566. The molecule has 0 aliphatic carbocycles. The molecule has 0 bridgehead atoms. The zero-order valence-corrected chi connectivity index (χ0v) is 16.9. The van der Waals surface area contributed by atoms with Crippen LogP contribution in [0.25, 0.3) is 0 Å². The first-order valence-electron chi connectivity index (χ1n) is 8.39. The molecule has 0 amide bonds. The topological polar surface area (TPSA) is 76.9 Å². The normalized spacial score (nSPS) is 12.3. The van der Waals surface area contributed by atoms with Crippen LogP contribution in [0.1, 0.15) is 17.0 Å². The number of benzene rings is 2. The predicted octanol–water partition coefficient (Wildman–Crippen LogP) is 3.60. The molecule has 0 aliphatic heterocycles. The highest BCUT2D eigenvalue weighted by molar-refractivity contribution is 7.98. The Kier molecular flexibility index (Phi) is 6.30. The van der Waals surface area contributed by atoms with Gasteiger partial charge in [0.05, 0.1) is 17.0 Å². The molecule has 6 nitrogen and oxygen atoms in total. The lowest BCUT2D eigenvalue weighted by atomic mass is 10.2. The van der Waals surface area contributed by atoms with E-state index in [4.69, 9.17) is 0 Å². The van der Waals surface area contributed by atoms with E-state index in [9.17, 15) is 21.6 Å². The highest BCUT2D eigenvalue weighted by Crippen LogP contribution is 2.33. The fourth-order valence-electron chi connectivity index (χ4n) is 2.52. The molecule has 29 heavy (non-hydrogen) atoms. The molecule has 0 spiro atoms. The van der Waals surface area contributed by atoms with Crippen LogP contribution in [0.5, 0.6) is 0 Å². The SMILES string of the molecule is Cn1c(CNS(=O)(=O)c2ccccc2C(F)(F)F)nnc1SCc1ccccc1. The van der Waals surface area contributed by atoms with Crippen molar-refractivity contribution < 1.29 is 21.6 Å². The van der Waals surface area contributed by atoms with Crippen molar-refractivity contribution in [2.24, 2.45) is 7.05 Å². The van der Waals surface area contributed by atoms with E-state index in [1.54, 1.807) is 11.6 Å². The zero-order chi connectivity index (χ0) is 21.1. The molecule has 3 rings (SSSR count). The summed E-state index contributed by atoms with van der Waals surface area (Å²) >= 11 is 1.42. The average molecular weight is 442 g/mol. The molecule has 0 fully saturated rings. The van der Waals surface area contributed by atoms with Crippen molar-refractivity contribution in [1.82, 2.24) is 19.5 Å². The number of rotatable bonds is 7. The van der Waals surface area contributed by atoms with Crippen molar-refractivity contribution in [2.45, 2.75) is 28.5 Å². The number of sulfonamides is 1. The van der Waals surface area contributed by atoms with E-state index in [0.29, 0.717) is 10.9 Å². The minimum atomic E-state index is -4.78. The van der Waals surface area contributed by atoms with E-state index in [1.807, 2.05) is 30.3 Å². The van der Waals surface area contributed by atoms with Gasteiger partial charge in [-0.15, -0.1) is 10.2 Å². The molecule has 1 heterocycles. The number of hydrogen-bond donors (Lipinski definition) is 1. The van der Waals surface area contributed by atoms with Gasteiger partial charge in [0.25, 0.3) is 0 Å². The van der Waals surface area contributed by atoms with E-state index in [0.717, 1.165) is 23.8 Å². The Bertz CT molecular complexity index is 1080. The van der Waals surface area contributed by atoms with Gasteiger partial charge in [-0.05, 0) is 17.7 Å². The first-order valence-corrected chi connectivity index (χ1v) is 10.9. The average Bonchev–Trinajstić information content (AvgIpc) is 3.05. The number of halogens is 3. The second-order valence-electron chi connectivity index (χ2n) is 6.05. The van der Waals surface area contributed by atoms with E-state index in [1.165, 1.54) is 17.8 Å². The van der Waals surface area contributed by atoms with Crippen LogP contribution in [0, 0.1) is 0 Å². The molecule has 154 valence electrons. The second-order valence-corrected chi connectivity index (χ2v) is 8.73. The molecule has 1 N–H and O–H groups in total.